The highest BCUT2D eigenvalue weighted by Crippen LogP contribution is 2.32. The molecule has 0 aliphatic carbocycles. The summed E-state index contributed by atoms with van der Waals surface area (Å²) in [6.45, 7) is 1.83. The second-order valence-electron chi connectivity index (χ2n) is 3.23. The molecule has 16 heavy (non-hydrogen) atoms. The minimum Gasteiger partial charge on any atom is -0.496 e. The molecule has 0 fully saturated rings. The third kappa shape index (κ3) is 3.08. The summed E-state index contributed by atoms with van der Waals surface area (Å²) in [4.78, 5) is 0. The van der Waals surface area contributed by atoms with Crippen molar-refractivity contribution in [2.45, 2.75) is 19.8 Å². The molecule has 0 saturated heterocycles. The first kappa shape index (κ1) is 12.7. The van der Waals surface area contributed by atoms with Crippen molar-refractivity contribution in [1.82, 2.24) is 0 Å². The van der Waals surface area contributed by atoms with Gasteiger partial charge in [0.2, 0.25) is 0 Å². The molecule has 3 heteroatoms. The zero-order valence-electron chi connectivity index (χ0n) is 9.76. The maximum absolute atomic E-state index is 6.01. The van der Waals surface area contributed by atoms with Crippen molar-refractivity contribution >= 4 is 11.6 Å². The van der Waals surface area contributed by atoms with E-state index in [0.29, 0.717) is 10.8 Å². The van der Waals surface area contributed by atoms with Gasteiger partial charge in [0.05, 0.1) is 19.2 Å². The summed E-state index contributed by atoms with van der Waals surface area (Å²) < 4.78 is 10.4. The van der Waals surface area contributed by atoms with Crippen molar-refractivity contribution in [3.63, 3.8) is 0 Å². The summed E-state index contributed by atoms with van der Waals surface area (Å²) in [6.07, 6.45) is 1.63. The van der Waals surface area contributed by atoms with E-state index in [0.717, 1.165) is 24.2 Å². The minimum atomic E-state index is 0.560. The SMILES string of the molecule is CC#CCCc1cc(OC)c(Cl)cc1OC. The van der Waals surface area contributed by atoms with E-state index in [1.54, 1.807) is 20.3 Å². The topological polar surface area (TPSA) is 18.5 Å². The van der Waals surface area contributed by atoms with Crippen molar-refractivity contribution in [2.24, 2.45) is 0 Å². The van der Waals surface area contributed by atoms with Crippen LogP contribution in [0.15, 0.2) is 12.1 Å². The molecule has 2 nitrogen and oxygen atoms in total. The number of methoxy groups -OCH3 is 2. The van der Waals surface area contributed by atoms with Gasteiger partial charge in [-0.15, -0.1) is 11.8 Å². The lowest BCUT2D eigenvalue weighted by molar-refractivity contribution is 0.399. The molecular formula is C13H15ClO2. The molecule has 0 radical (unpaired) electrons. The zero-order chi connectivity index (χ0) is 12.0. The van der Waals surface area contributed by atoms with Crippen molar-refractivity contribution in [3.05, 3.63) is 22.7 Å². The van der Waals surface area contributed by atoms with E-state index in [4.69, 9.17) is 21.1 Å². The number of hydrogen-bond donors (Lipinski definition) is 0. The number of halogens is 1. The van der Waals surface area contributed by atoms with Crippen molar-refractivity contribution in [3.8, 4) is 23.3 Å². The molecule has 0 aliphatic rings. The van der Waals surface area contributed by atoms with Gasteiger partial charge in [-0.25, -0.2) is 0 Å². The first-order valence-corrected chi connectivity index (χ1v) is 5.40. The van der Waals surface area contributed by atoms with E-state index in [9.17, 15) is 0 Å². The van der Waals surface area contributed by atoms with Crippen LogP contribution < -0.4 is 9.47 Å². The lowest BCUT2D eigenvalue weighted by Gasteiger charge is -2.11. The third-order valence-corrected chi connectivity index (χ3v) is 2.55. The normalized spacial score (nSPS) is 9.25. The summed E-state index contributed by atoms with van der Waals surface area (Å²) in [7, 11) is 3.23. The van der Waals surface area contributed by atoms with E-state index in [2.05, 4.69) is 11.8 Å². The Morgan fingerprint density at radius 3 is 2.44 bits per heavy atom. The summed E-state index contributed by atoms with van der Waals surface area (Å²) in [5, 5.41) is 0.560. The third-order valence-electron chi connectivity index (χ3n) is 2.25. The van der Waals surface area contributed by atoms with Crippen LogP contribution >= 0.6 is 11.6 Å². The van der Waals surface area contributed by atoms with Crippen LogP contribution in [0.4, 0.5) is 0 Å². The number of benzene rings is 1. The van der Waals surface area contributed by atoms with Gasteiger partial charge in [-0.3, -0.25) is 0 Å². The van der Waals surface area contributed by atoms with Crippen LogP contribution in [0.5, 0.6) is 11.5 Å². The minimum absolute atomic E-state index is 0.560. The highest BCUT2D eigenvalue weighted by Gasteiger charge is 2.08. The second kappa shape index (κ2) is 6.30. The molecule has 0 aliphatic heterocycles. The van der Waals surface area contributed by atoms with Gasteiger partial charge < -0.3 is 9.47 Å². The van der Waals surface area contributed by atoms with Gasteiger partial charge in [-0.1, -0.05) is 11.6 Å². The summed E-state index contributed by atoms with van der Waals surface area (Å²) in [5.41, 5.74) is 1.06. The van der Waals surface area contributed by atoms with E-state index in [1.807, 2.05) is 13.0 Å². The van der Waals surface area contributed by atoms with Crippen LogP contribution in [0, 0.1) is 11.8 Å². The zero-order valence-corrected chi connectivity index (χ0v) is 10.5. The molecule has 1 aromatic rings. The standard InChI is InChI=1S/C13H15ClO2/c1-4-5-6-7-10-8-13(16-3)11(14)9-12(10)15-2/h8-9H,6-7H2,1-3H3. The molecule has 0 atom stereocenters. The average Bonchev–Trinajstić information content (AvgIpc) is 2.30. The quantitative estimate of drug-likeness (QED) is 0.750. The van der Waals surface area contributed by atoms with E-state index >= 15 is 0 Å². The number of ether oxygens (including phenoxy) is 2. The molecular weight excluding hydrogens is 224 g/mol. The Balaban J connectivity index is 2.98. The molecule has 0 N–H and O–H groups in total. The fraction of sp³-hybridized carbons (Fsp3) is 0.385. The van der Waals surface area contributed by atoms with Crippen LogP contribution in [-0.2, 0) is 6.42 Å². The first-order valence-electron chi connectivity index (χ1n) is 5.03. The van der Waals surface area contributed by atoms with Crippen LogP contribution in [0.1, 0.15) is 18.9 Å². The number of rotatable bonds is 4. The fourth-order valence-electron chi connectivity index (χ4n) is 1.44. The average molecular weight is 239 g/mol. The van der Waals surface area contributed by atoms with Crippen LogP contribution in [0.3, 0.4) is 0 Å². The van der Waals surface area contributed by atoms with Gasteiger partial charge in [0.15, 0.2) is 0 Å². The summed E-state index contributed by atoms with van der Waals surface area (Å²) in [6, 6.07) is 3.67. The molecule has 0 spiro atoms. The van der Waals surface area contributed by atoms with E-state index < -0.39 is 0 Å². The Morgan fingerprint density at radius 2 is 1.88 bits per heavy atom. The molecule has 0 saturated carbocycles. The van der Waals surface area contributed by atoms with Crippen molar-refractivity contribution in [2.75, 3.05) is 14.2 Å². The van der Waals surface area contributed by atoms with Crippen LogP contribution in [0.25, 0.3) is 0 Å². The monoisotopic (exact) mass is 238 g/mol. The van der Waals surface area contributed by atoms with Gasteiger partial charge in [0, 0.05) is 12.5 Å². The molecule has 0 amide bonds. The van der Waals surface area contributed by atoms with Gasteiger partial charge in [0.25, 0.3) is 0 Å². The number of aryl methyl sites for hydroxylation is 1. The molecule has 1 aromatic carbocycles. The Bertz CT molecular complexity index is 416. The Morgan fingerprint density at radius 1 is 1.19 bits per heavy atom. The van der Waals surface area contributed by atoms with Crippen LogP contribution in [-0.4, -0.2) is 14.2 Å². The molecule has 0 unspecified atom stereocenters. The van der Waals surface area contributed by atoms with Crippen molar-refractivity contribution in [1.29, 1.82) is 0 Å². The predicted molar refractivity (Wildman–Crippen MR) is 66.3 cm³/mol. The highest BCUT2D eigenvalue weighted by molar-refractivity contribution is 6.32. The highest BCUT2D eigenvalue weighted by atomic mass is 35.5. The maximum atomic E-state index is 6.01. The Labute approximate surface area is 102 Å². The largest absolute Gasteiger partial charge is 0.496 e. The van der Waals surface area contributed by atoms with Gasteiger partial charge in [0.1, 0.15) is 11.5 Å². The van der Waals surface area contributed by atoms with Gasteiger partial charge in [-0.05, 0) is 25.0 Å². The molecule has 0 heterocycles. The smallest absolute Gasteiger partial charge is 0.137 e. The molecule has 0 aromatic heterocycles. The second-order valence-corrected chi connectivity index (χ2v) is 3.63. The molecule has 1 rings (SSSR count). The van der Waals surface area contributed by atoms with E-state index in [-0.39, 0.29) is 0 Å². The molecule has 0 bridgehead atoms. The number of hydrogen-bond acceptors (Lipinski definition) is 2. The Kier molecular flexibility index (Phi) is 5.01. The van der Waals surface area contributed by atoms with Crippen LogP contribution in [0.2, 0.25) is 5.02 Å². The maximum Gasteiger partial charge on any atom is 0.137 e. The van der Waals surface area contributed by atoms with Gasteiger partial charge >= 0.3 is 0 Å². The molecule has 86 valence electrons. The summed E-state index contributed by atoms with van der Waals surface area (Å²) in [5.74, 6) is 7.34. The summed E-state index contributed by atoms with van der Waals surface area (Å²) >= 11 is 6.01. The predicted octanol–water partition coefficient (Wildman–Crippen LogP) is 3.31. The fourth-order valence-corrected chi connectivity index (χ4v) is 1.67. The van der Waals surface area contributed by atoms with Crippen molar-refractivity contribution < 1.29 is 9.47 Å². The lowest BCUT2D eigenvalue weighted by atomic mass is 10.1. The Hall–Kier alpha value is -1.33. The van der Waals surface area contributed by atoms with E-state index in [1.165, 1.54) is 0 Å². The van der Waals surface area contributed by atoms with Gasteiger partial charge in [-0.2, -0.15) is 0 Å². The first-order chi connectivity index (χ1) is 7.72. The lowest BCUT2D eigenvalue weighted by Crippen LogP contribution is -1.94.